The maximum Gasteiger partial charge on any atom is 0.274 e. The van der Waals surface area contributed by atoms with E-state index in [9.17, 15) is 4.79 Å². The summed E-state index contributed by atoms with van der Waals surface area (Å²) in [5.41, 5.74) is 0.673. The van der Waals surface area contributed by atoms with Gasteiger partial charge in [-0.15, -0.1) is 0 Å². The molecule has 0 saturated carbocycles. The van der Waals surface area contributed by atoms with Crippen molar-refractivity contribution >= 4 is 40.7 Å². The second-order valence-corrected chi connectivity index (χ2v) is 6.80. The van der Waals surface area contributed by atoms with E-state index in [1.165, 1.54) is 6.42 Å². The maximum atomic E-state index is 12.5. The molecular formula is C17H18Cl2N4O. The summed E-state index contributed by atoms with van der Waals surface area (Å²) in [4.78, 5) is 23.3. The summed E-state index contributed by atoms with van der Waals surface area (Å²) in [7, 11) is 0. The van der Waals surface area contributed by atoms with E-state index < -0.39 is 0 Å². The SMILES string of the molecule is CC1CCCN(c2nccc(C(=O)Nc3c(Cl)cccc3Cl)n2)C1. The summed E-state index contributed by atoms with van der Waals surface area (Å²) < 4.78 is 0. The van der Waals surface area contributed by atoms with Gasteiger partial charge in [-0.1, -0.05) is 36.2 Å². The molecule has 5 nitrogen and oxygen atoms in total. The van der Waals surface area contributed by atoms with Gasteiger partial charge in [0.1, 0.15) is 5.69 Å². The number of nitrogens with zero attached hydrogens (tertiary/aromatic N) is 3. The highest BCUT2D eigenvalue weighted by atomic mass is 35.5. The van der Waals surface area contributed by atoms with Crippen molar-refractivity contribution in [1.29, 1.82) is 0 Å². The normalized spacial score (nSPS) is 17.6. The highest BCUT2D eigenvalue weighted by Gasteiger charge is 2.20. The number of anilines is 2. The highest BCUT2D eigenvalue weighted by molar-refractivity contribution is 6.39. The fourth-order valence-electron chi connectivity index (χ4n) is 2.79. The average Bonchev–Trinajstić information content (AvgIpc) is 2.58. The van der Waals surface area contributed by atoms with Crippen molar-refractivity contribution in [2.75, 3.05) is 23.3 Å². The molecule has 2 aromatic rings. The van der Waals surface area contributed by atoms with Crippen LogP contribution in [0.15, 0.2) is 30.5 Å². The predicted octanol–water partition coefficient (Wildman–Crippen LogP) is 4.27. The van der Waals surface area contributed by atoms with Gasteiger partial charge >= 0.3 is 0 Å². The minimum absolute atomic E-state index is 0.286. The zero-order chi connectivity index (χ0) is 17.1. The fourth-order valence-corrected chi connectivity index (χ4v) is 3.29. The second kappa shape index (κ2) is 7.36. The fraction of sp³-hybridized carbons (Fsp3) is 0.353. The average molecular weight is 365 g/mol. The first-order valence-electron chi connectivity index (χ1n) is 7.88. The van der Waals surface area contributed by atoms with Crippen LogP contribution in [0.5, 0.6) is 0 Å². The molecule has 1 fully saturated rings. The predicted molar refractivity (Wildman–Crippen MR) is 97.1 cm³/mol. The zero-order valence-electron chi connectivity index (χ0n) is 13.3. The molecule has 7 heteroatoms. The molecule has 1 unspecified atom stereocenters. The Labute approximate surface area is 151 Å². The number of rotatable bonds is 3. The largest absolute Gasteiger partial charge is 0.341 e. The monoisotopic (exact) mass is 364 g/mol. The number of carbonyl (C=O) groups is 1. The van der Waals surface area contributed by atoms with Crippen LogP contribution in [-0.2, 0) is 0 Å². The third kappa shape index (κ3) is 3.79. The van der Waals surface area contributed by atoms with Crippen molar-refractivity contribution in [3.8, 4) is 0 Å². The summed E-state index contributed by atoms with van der Waals surface area (Å²) in [6.07, 6.45) is 3.92. The Hall–Kier alpha value is -1.85. The van der Waals surface area contributed by atoms with Crippen LogP contribution < -0.4 is 10.2 Å². The molecule has 1 aliphatic rings. The van der Waals surface area contributed by atoms with E-state index in [0.717, 1.165) is 19.5 Å². The number of hydrogen-bond donors (Lipinski definition) is 1. The number of benzene rings is 1. The Bertz CT molecular complexity index is 733. The smallest absolute Gasteiger partial charge is 0.274 e. The third-order valence-electron chi connectivity index (χ3n) is 4.02. The molecule has 1 N–H and O–H groups in total. The molecule has 1 atom stereocenters. The van der Waals surface area contributed by atoms with Crippen LogP contribution in [0.3, 0.4) is 0 Å². The lowest BCUT2D eigenvalue weighted by atomic mass is 10.0. The topological polar surface area (TPSA) is 58.1 Å². The molecule has 0 radical (unpaired) electrons. The summed E-state index contributed by atoms with van der Waals surface area (Å²) in [6.45, 7) is 4.02. The van der Waals surface area contributed by atoms with Crippen molar-refractivity contribution in [1.82, 2.24) is 9.97 Å². The Morgan fingerprint density at radius 3 is 2.75 bits per heavy atom. The van der Waals surface area contributed by atoms with E-state index in [1.807, 2.05) is 0 Å². The van der Waals surface area contributed by atoms with Gasteiger partial charge in [0.15, 0.2) is 0 Å². The molecular weight excluding hydrogens is 347 g/mol. The van der Waals surface area contributed by atoms with Crippen LogP contribution >= 0.6 is 23.2 Å². The van der Waals surface area contributed by atoms with E-state index in [2.05, 4.69) is 27.1 Å². The number of nitrogens with one attached hydrogen (secondary N) is 1. The molecule has 1 aromatic heterocycles. The Morgan fingerprint density at radius 2 is 2.04 bits per heavy atom. The van der Waals surface area contributed by atoms with Crippen molar-refractivity contribution < 1.29 is 4.79 Å². The number of para-hydroxylation sites is 1. The number of hydrogen-bond acceptors (Lipinski definition) is 4. The molecule has 1 amide bonds. The molecule has 1 aromatic carbocycles. The van der Waals surface area contributed by atoms with Crippen LogP contribution in [0.25, 0.3) is 0 Å². The van der Waals surface area contributed by atoms with Crippen molar-refractivity contribution in [2.45, 2.75) is 19.8 Å². The number of aromatic nitrogens is 2. The lowest BCUT2D eigenvalue weighted by Gasteiger charge is -2.30. The van der Waals surface area contributed by atoms with Gasteiger partial charge in [0, 0.05) is 19.3 Å². The molecule has 1 aliphatic heterocycles. The molecule has 24 heavy (non-hydrogen) atoms. The molecule has 3 rings (SSSR count). The summed E-state index contributed by atoms with van der Waals surface area (Å²) in [5.74, 6) is 0.819. The summed E-state index contributed by atoms with van der Waals surface area (Å²) >= 11 is 12.2. The van der Waals surface area contributed by atoms with Crippen molar-refractivity contribution in [3.05, 3.63) is 46.2 Å². The van der Waals surface area contributed by atoms with Crippen molar-refractivity contribution in [3.63, 3.8) is 0 Å². The first-order valence-corrected chi connectivity index (χ1v) is 8.63. The summed E-state index contributed by atoms with van der Waals surface area (Å²) in [5, 5.41) is 3.49. The highest BCUT2D eigenvalue weighted by Crippen LogP contribution is 2.30. The van der Waals surface area contributed by atoms with Gasteiger partial charge in [-0.3, -0.25) is 4.79 Å². The van der Waals surface area contributed by atoms with Gasteiger partial charge in [0.2, 0.25) is 5.95 Å². The van der Waals surface area contributed by atoms with Crippen LogP contribution in [0.1, 0.15) is 30.3 Å². The van der Waals surface area contributed by atoms with Crippen LogP contribution in [0.2, 0.25) is 10.0 Å². The van der Waals surface area contributed by atoms with Crippen LogP contribution in [0, 0.1) is 5.92 Å². The standard InChI is InChI=1S/C17H18Cl2N4O/c1-11-4-3-9-23(10-11)17-20-8-7-14(21-17)16(24)22-15-12(18)5-2-6-13(15)19/h2,5-8,11H,3-4,9-10H2,1H3,(H,22,24). The number of piperidine rings is 1. The maximum absolute atomic E-state index is 12.5. The van der Waals surface area contributed by atoms with Gasteiger partial charge in [-0.25, -0.2) is 9.97 Å². The van der Waals surface area contributed by atoms with Gasteiger partial charge < -0.3 is 10.2 Å². The van der Waals surface area contributed by atoms with E-state index in [0.29, 0.717) is 27.6 Å². The first-order chi connectivity index (χ1) is 11.5. The molecule has 2 heterocycles. The third-order valence-corrected chi connectivity index (χ3v) is 4.65. The van der Waals surface area contributed by atoms with E-state index in [1.54, 1.807) is 30.5 Å². The molecule has 126 valence electrons. The van der Waals surface area contributed by atoms with E-state index in [-0.39, 0.29) is 11.6 Å². The molecule has 0 spiro atoms. The first kappa shape index (κ1) is 17.0. The van der Waals surface area contributed by atoms with E-state index in [4.69, 9.17) is 23.2 Å². The Kier molecular flexibility index (Phi) is 5.21. The van der Waals surface area contributed by atoms with Gasteiger partial charge in [0.05, 0.1) is 15.7 Å². The zero-order valence-corrected chi connectivity index (χ0v) is 14.8. The minimum Gasteiger partial charge on any atom is -0.341 e. The Morgan fingerprint density at radius 1 is 1.29 bits per heavy atom. The lowest BCUT2D eigenvalue weighted by molar-refractivity contribution is 0.102. The van der Waals surface area contributed by atoms with Gasteiger partial charge in [0.25, 0.3) is 5.91 Å². The summed E-state index contributed by atoms with van der Waals surface area (Å²) in [6, 6.07) is 6.64. The van der Waals surface area contributed by atoms with E-state index >= 15 is 0 Å². The molecule has 1 saturated heterocycles. The van der Waals surface area contributed by atoms with Gasteiger partial charge in [-0.2, -0.15) is 0 Å². The van der Waals surface area contributed by atoms with Gasteiger partial charge in [-0.05, 0) is 37.0 Å². The molecule has 0 bridgehead atoms. The quantitative estimate of drug-likeness (QED) is 0.883. The Balaban J connectivity index is 1.79. The number of amides is 1. The minimum atomic E-state index is -0.362. The lowest BCUT2D eigenvalue weighted by Crippen LogP contribution is -2.35. The van der Waals surface area contributed by atoms with Crippen LogP contribution in [-0.4, -0.2) is 29.0 Å². The van der Waals surface area contributed by atoms with Crippen molar-refractivity contribution in [2.24, 2.45) is 5.92 Å². The van der Waals surface area contributed by atoms with Crippen LogP contribution in [0.4, 0.5) is 11.6 Å². The molecule has 0 aliphatic carbocycles. The number of carbonyl (C=O) groups excluding carboxylic acids is 1. The number of halogens is 2. The second-order valence-electron chi connectivity index (χ2n) is 5.99.